The second-order valence-electron chi connectivity index (χ2n) is 5.39. The molecule has 0 N–H and O–H groups in total. The highest BCUT2D eigenvalue weighted by Crippen LogP contribution is 2.28. The van der Waals surface area contributed by atoms with Crippen LogP contribution in [0.2, 0.25) is 0 Å². The molecule has 19 heavy (non-hydrogen) atoms. The van der Waals surface area contributed by atoms with Gasteiger partial charge in [-0.25, -0.2) is 9.67 Å². The van der Waals surface area contributed by atoms with E-state index < -0.39 is 0 Å². The summed E-state index contributed by atoms with van der Waals surface area (Å²) in [6.07, 6.45) is 8.82. The first kappa shape index (κ1) is 12.4. The smallest absolute Gasteiger partial charge is 0.138 e. The molecule has 102 valence electrons. The molecule has 0 amide bonds. The molecule has 2 heterocycles. The van der Waals surface area contributed by atoms with Gasteiger partial charge in [0.05, 0.1) is 11.7 Å². The Kier molecular flexibility index (Phi) is 3.36. The maximum absolute atomic E-state index is 5.22. The van der Waals surface area contributed by atoms with Crippen LogP contribution in [0.1, 0.15) is 61.0 Å². The van der Waals surface area contributed by atoms with Crippen molar-refractivity contribution in [2.24, 2.45) is 0 Å². The molecule has 1 saturated carbocycles. The Morgan fingerprint density at radius 2 is 2.05 bits per heavy atom. The van der Waals surface area contributed by atoms with E-state index in [4.69, 9.17) is 4.52 Å². The van der Waals surface area contributed by atoms with Crippen molar-refractivity contribution in [2.45, 2.75) is 58.4 Å². The molecule has 0 bridgehead atoms. The molecule has 2 aromatic rings. The Bertz CT molecular complexity index is 532. The number of hydrogen-bond acceptors (Lipinski definition) is 4. The van der Waals surface area contributed by atoms with Crippen LogP contribution in [-0.2, 0) is 6.42 Å². The van der Waals surface area contributed by atoms with Gasteiger partial charge in [0.1, 0.15) is 17.9 Å². The summed E-state index contributed by atoms with van der Waals surface area (Å²) < 4.78 is 7.34. The van der Waals surface area contributed by atoms with Gasteiger partial charge < -0.3 is 4.52 Å². The van der Waals surface area contributed by atoms with E-state index in [-0.39, 0.29) is 0 Å². The van der Waals surface area contributed by atoms with Crippen LogP contribution in [0.3, 0.4) is 0 Å². The summed E-state index contributed by atoms with van der Waals surface area (Å²) in [6, 6.07) is 0.520. The molecule has 3 rings (SSSR count). The third-order valence-electron chi connectivity index (χ3n) is 4.08. The van der Waals surface area contributed by atoms with Crippen molar-refractivity contribution in [3.8, 4) is 0 Å². The van der Waals surface area contributed by atoms with Crippen LogP contribution in [0.4, 0.5) is 0 Å². The molecule has 5 heteroatoms. The van der Waals surface area contributed by atoms with Gasteiger partial charge in [-0.05, 0) is 26.7 Å². The van der Waals surface area contributed by atoms with Crippen molar-refractivity contribution in [3.63, 3.8) is 0 Å². The van der Waals surface area contributed by atoms with E-state index in [1.165, 1.54) is 32.1 Å². The number of rotatable bonds is 3. The van der Waals surface area contributed by atoms with Gasteiger partial charge in [0.15, 0.2) is 0 Å². The average molecular weight is 260 g/mol. The fourth-order valence-electron chi connectivity index (χ4n) is 2.94. The van der Waals surface area contributed by atoms with Gasteiger partial charge in [-0.15, -0.1) is 0 Å². The second kappa shape index (κ2) is 5.15. The van der Waals surface area contributed by atoms with E-state index in [1.807, 2.05) is 13.8 Å². The van der Waals surface area contributed by atoms with Crippen LogP contribution in [0, 0.1) is 13.8 Å². The van der Waals surface area contributed by atoms with E-state index in [0.29, 0.717) is 6.04 Å². The Balaban J connectivity index is 1.84. The van der Waals surface area contributed by atoms with Crippen LogP contribution in [0.25, 0.3) is 0 Å². The molecule has 1 aliphatic carbocycles. The molecule has 1 fully saturated rings. The van der Waals surface area contributed by atoms with E-state index in [2.05, 4.69) is 19.9 Å². The summed E-state index contributed by atoms with van der Waals surface area (Å²) >= 11 is 0. The molecule has 0 unspecified atom stereocenters. The predicted molar refractivity (Wildman–Crippen MR) is 70.9 cm³/mol. The zero-order valence-electron chi connectivity index (χ0n) is 11.6. The highest BCUT2D eigenvalue weighted by Gasteiger charge is 2.20. The zero-order valence-corrected chi connectivity index (χ0v) is 11.6. The number of nitrogens with zero attached hydrogens (tertiary/aromatic N) is 4. The molecular formula is C14H20N4O. The summed E-state index contributed by atoms with van der Waals surface area (Å²) in [7, 11) is 0. The Hall–Kier alpha value is -1.65. The van der Waals surface area contributed by atoms with Crippen LogP contribution >= 0.6 is 0 Å². The molecular weight excluding hydrogens is 240 g/mol. The predicted octanol–water partition coefficient (Wildman–Crippen LogP) is 2.98. The highest BCUT2D eigenvalue weighted by molar-refractivity contribution is 5.24. The van der Waals surface area contributed by atoms with Crippen molar-refractivity contribution < 1.29 is 4.52 Å². The lowest BCUT2D eigenvalue weighted by atomic mass is 9.95. The molecule has 0 aliphatic heterocycles. The molecule has 5 nitrogen and oxygen atoms in total. The van der Waals surface area contributed by atoms with Crippen LogP contribution < -0.4 is 0 Å². The van der Waals surface area contributed by atoms with E-state index >= 15 is 0 Å². The lowest BCUT2D eigenvalue weighted by molar-refractivity contribution is 0.322. The molecule has 0 atom stereocenters. The Morgan fingerprint density at radius 1 is 1.26 bits per heavy atom. The van der Waals surface area contributed by atoms with E-state index in [9.17, 15) is 0 Å². The summed E-state index contributed by atoms with van der Waals surface area (Å²) in [5.41, 5.74) is 2.10. The molecule has 2 aromatic heterocycles. The monoisotopic (exact) mass is 260 g/mol. The first-order valence-corrected chi connectivity index (χ1v) is 7.06. The van der Waals surface area contributed by atoms with Crippen LogP contribution in [-0.4, -0.2) is 19.9 Å². The summed E-state index contributed by atoms with van der Waals surface area (Å²) in [5.74, 6) is 1.91. The molecule has 0 radical (unpaired) electrons. The fraction of sp³-hybridized carbons (Fsp3) is 0.643. The minimum atomic E-state index is 0.520. The minimum absolute atomic E-state index is 0.520. The van der Waals surface area contributed by atoms with E-state index in [0.717, 1.165) is 29.3 Å². The van der Waals surface area contributed by atoms with Gasteiger partial charge in [-0.1, -0.05) is 24.4 Å². The lowest BCUT2D eigenvalue weighted by Crippen LogP contribution is -2.17. The molecule has 0 aromatic carbocycles. The van der Waals surface area contributed by atoms with Crippen LogP contribution in [0.5, 0.6) is 0 Å². The normalized spacial score (nSPS) is 16.9. The fourth-order valence-corrected chi connectivity index (χ4v) is 2.94. The standard InChI is InChI=1S/C14H20N4O/c1-10-13(11(2)19-17-10)8-14-15-9-16-18(14)12-6-4-3-5-7-12/h9,12H,3-8H2,1-2H3. The summed E-state index contributed by atoms with van der Waals surface area (Å²) in [5, 5.41) is 8.44. The molecule has 1 aliphatic rings. The zero-order chi connectivity index (χ0) is 13.2. The third kappa shape index (κ3) is 2.41. The first-order valence-electron chi connectivity index (χ1n) is 7.06. The lowest BCUT2D eigenvalue weighted by Gasteiger charge is -2.23. The number of aromatic nitrogens is 4. The van der Waals surface area contributed by atoms with Gasteiger partial charge in [-0.3, -0.25) is 0 Å². The average Bonchev–Trinajstić information content (AvgIpc) is 3.02. The Morgan fingerprint density at radius 3 is 2.74 bits per heavy atom. The molecule has 0 saturated heterocycles. The van der Waals surface area contributed by atoms with Crippen molar-refractivity contribution in [3.05, 3.63) is 29.2 Å². The second-order valence-corrected chi connectivity index (χ2v) is 5.39. The Labute approximate surface area is 113 Å². The maximum atomic E-state index is 5.22. The maximum Gasteiger partial charge on any atom is 0.138 e. The van der Waals surface area contributed by atoms with Gasteiger partial charge in [0.25, 0.3) is 0 Å². The summed E-state index contributed by atoms with van der Waals surface area (Å²) in [6.45, 7) is 3.93. The largest absolute Gasteiger partial charge is 0.361 e. The van der Waals surface area contributed by atoms with Crippen molar-refractivity contribution in [2.75, 3.05) is 0 Å². The molecule has 0 spiro atoms. The van der Waals surface area contributed by atoms with Gasteiger partial charge in [0, 0.05) is 12.0 Å². The van der Waals surface area contributed by atoms with Gasteiger partial charge in [0.2, 0.25) is 0 Å². The van der Waals surface area contributed by atoms with Crippen molar-refractivity contribution >= 4 is 0 Å². The van der Waals surface area contributed by atoms with Crippen LogP contribution in [0.15, 0.2) is 10.9 Å². The minimum Gasteiger partial charge on any atom is -0.361 e. The highest BCUT2D eigenvalue weighted by atomic mass is 16.5. The first-order chi connectivity index (χ1) is 9.25. The quantitative estimate of drug-likeness (QED) is 0.851. The van der Waals surface area contributed by atoms with Crippen molar-refractivity contribution in [1.29, 1.82) is 0 Å². The summed E-state index contributed by atoms with van der Waals surface area (Å²) in [4.78, 5) is 4.43. The van der Waals surface area contributed by atoms with Crippen molar-refractivity contribution in [1.82, 2.24) is 19.9 Å². The topological polar surface area (TPSA) is 56.7 Å². The van der Waals surface area contributed by atoms with Gasteiger partial charge >= 0.3 is 0 Å². The third-order valence-corrected chi connectivity index (χ3v) is 4.08. The number of aryl methyl sites for hydroxylation is 2. The van der Waals surface area contributed by atoms with E-state index in [1.54, 1.807) is 6.33 Å². The number of hydrogen-bond donors (Lipinski definition) is 0. The SMILES string of the molecule is Cc1noc(C)c1Cc1ncnn1C1CCCCC1. The van der Waals surface area contributed by atoms with Gasteiger partial charge in [-0.2, -0.15) is 5.10 Å².